The van der Waals surface area contributed by atoms with E-state index in [0.717, 1.165) is 17.8 Å². The molecule has 19 heavy (non-hydrogen) atoms. The van der Waals surface area contributed by atoms with E-state index in [0.29, 0.717) is 22.7 Å². The van der Waals surface area contributed by atoms with Gasteiger partial charge in [-0.1, -0.05) is 24.9 Å². The summed E-state index contributed by atoms with van der Waals surface area (Å²) in [6, 6.07) is 5.93. The quantitative estimate of drug-likeness (QED) is 0.873. The Kier molecular flexibility index (Phi) is 3.14. The summed E-state index contributed by atoms with van der Waals surface area (Å²) in [7, 11) is 0. The first-order valence-corrected chi connectivity index (χ1v) is 6.91. The van der Waals surface area contributed by atoms with Crippen LogP contribution >= 0.6 is 11.6 Å². The SMILES string of the molecule is CCCC1CC1n1nnnc1-c1ccc(Cl)c(N)c1. The lowest BCUT2D eigenvalue weighted by molar-refractivity contribution is 0.548. The second-order valence-electron chi connectivity index (χ2n) is 5.04. The molecule has 0 aliphatic heterocycles. The predicted molar refractivity (Wildman–Crippen MR) is 74.7 cm³/mol. The van der Waals surface area contributed by atoms with Gasteiger partial charge >= 0.3 is 0 Å². The smallest absolute Gasteiger partial charge is 0.182 e. The monoisotopic (exact) mass is 277 g/mol. The zero-order valence-electron chi connectivity index (χ0n) is 10.8. The third kappa shape index (κ3) is 2.30. The molecule has 0 amide bonds. The maximum Gasteiger partial charge on any atom is 0.182 e. The Morgan fingerprint density at radius 2 is 2.32 bits per heavy atom. The van der Waals surface area contributed by atoms with Gasteiger partial charge in [-0.3, -0.25) is 0 Å². The molecule has 1 saturated carbocycles. The second kappa shape index (κ2) is 4.81. The molecule has 5 nitrogen and oxygen atoms in total. The number of nitrogens with two attached hydrogens (primary N) is 1. The highest BCUT2D eigenvalue weighted by molar-refractivity contribution is 6.33. The molecule has 1 aliphatic carbocycles. The van der Waals surface area contributed by atoms with Crippen LogP contribution < -0.4 is 5.73 Å². The van der Waals surface area contributed by atoms with Gasteiger partial charge in [0.15, 0.2) is 5.82 Å². The summed E-state index contributed by atoms with van der Waals surface area (Å²) in [6.07, 6.45) is 3.59. The van der Waals surface area contributed by atoms with Crippen LogP contribution in [0.15, 0.2) is 18.2 Å². The number of benzene rings is 1. The molecule has 1 aromatic carbocycles. The van der Waals surface area contributed by atoms with Crippen LogP contribution in [0.4, 0.5) is 5.69 Å². The molecule has 1 heterocycles. The van der Waals surface area contributed by atoms with Crippen molar-refractivity contribution in [3.63, 3.8) is 0 Å². The average molecular weight is 278 g/mol. The number of nitrogen functional groups attached to an aromatic ring is 1. The lowest BCUT2D eigenvalue weighted by Gasteiger charge is -2.05. The van der Waals surface area contributed by atoms with E-state index in [1.54, 1.807) is 6.07 Å². The number of hydrogen-bond acceptors (Lipinski definition) is 4. The summed E-state index contributed by atoms with van der Waals surface area (Å²) in [6.45, 7) is 2.20. The Labute approximate surface area is 116 Å². The Bertz CT molecular complexity index is 594. The first-order chi connectivity index (χ1) is 9.20. The van der Waals surface area contributed by atoms with Crippen molar-refractivity contribution in [2.75, 3.05) is 5.73 Å². The molecule has 100 valence electrons. The van der Waals surface area contributed by atoms with E-state index < -0.39 is 0 Å². The number of hydrogen-bond donors (Lipinski definition) is 1. The molecule has 0 saturated heterocycles. The Balaban J connectivity index is 1.90. The van der Waals surface area contributed by atoms with E-state index in [1.807, 2.05) is 16.8 Å². The number of anilines is 1. The number of nitrogens with zero attached hydrogens (tertiary/aromatic N) is 4. The highest BCUT2D eigenvalue weighted by Crippen LogP contribution is 2.47. The average Bonchev–Trinajstić information content (AvgIpc) is 2.99. The van der Waals surface area contributed by atoms with Gasteiger partial charge in [0.05, 0.1) is 16.8 Å². The lowest BCUT2D eigenvalue weighted by Crippen LogP contribution is -2.02. The van der Waals surface area contributed by atoms with Crippen LogP contribution in [0.5, 0.6) is 0 Å². The summed E-state index contributed by atoms with van der Waals surface area (Å²) in [4.78, 5) is 0. The van der Waals surface area contributed by atoms with Crippen molar-refractivity contribution >= 4 is 17.3 Å². The van der Waals surface area contributed by atoms with E-state index in [9.17, 15) is 0 Å². The van der Waals surface area contributed by atoms with Crippen molar-refractivity contribution in [2.45, 2.75) is 32.2 Å². The fourth-order valence-corrected chi connectivity index (χ4v) is 2.62. The molecular formula is C13H16ClN5. The van der Waals surface area contributed by atoms with Crippen LogP contribution in [0, 0.1) is 5.92 Å². The number of aromatic nitrogens is 4. The topological polar surface area (TPSA) is 69.6 Å². The maximum absolute atomic E-state index is 5.94. The number of halogens is 1. The van der Waals surface area contributed by atoms with Crippen LogP contribution in [0.2, 0.25) is 5.02 Å². The molecule has 1 fully saturated rings. The number of tetrazole rings is 1. The molecule has 2 N–H and O–H groups in total. The second-order valence-corrected chi connectivity index (χ2v) is 5.44. The van der Waals surface area contributed by atoms with Gasteiger partial charge in [0.2, 0.25) is 0 Å². The zero-order chi connectivity index (χ0) is 13.4. The van der Waals surface area contributed by atoms with Crippen molar-refractivity contribution < 1.29 is 0 Å². The largest absolute Gasteiger partial charge is 0.398 e. The lowest BCUT2D eigenvalue weighted by atomic mass is 10.2. The minimum Gasteiger partial charge on any atom is -0.398 e. The molecule has 3 rings (SSSR count). The molecular weight excluding hydrogens is 262 g/mol. The van der Waals surface area contributed by atoms with Gasteiger partial charge < -0.3 is 5.73 Å². The minimum atomic E-state index is 0.432. The number of rotatable bonds is 4. The van der Waals surface area contributed by atoms with Crippen LogP contribution in [0.1, 0.15) is 32.2 Å². The van der Waals surface area contributed by atoms with Crippen LogP contribution in [0.25, 0.3) is 11.4 Å². The molecule has 2 unspecified atom stereocenters. The molecule has 1 aromatic heterocycles. The molecule has 2 atom stereocenters. The molecule has 0 bridgehead atoms. The highest BCUT2D eigenvalue weighted by Gasteiger charge is 2.40. The molecule has 1 aliphatic rings. The minimum absolute atomic E-state index is 0.432. The third-order valence-corrected chi connectivity index (χ3v) is 3.95. The summed E-state index contributed by atoms with van der Waals surface area (Å²) < 4.78 is 1.92. The Hall–Kier alpha value is -1.62. The third-order valence-electron chi connectivity index (χ3n) is 3.61. The van der Waals surface area contributed by atoms with E-state index >= 15 is 0 Å². The van der Waals surface area contributed by atoms with Gasteiger partial charge in [-0.25, -0.2) is 4.68 Å². The van der Waals surface area contributed by atoms with Crippen LogP contribution in [-0.4, -0.2) is 20.2 Å². The highest BCUT2D eigenvalue weighted by atomic mass is 35.5. The van der Waals surface area contributed by atoms with Crippen molar-refractivity contribution in [2.24, 2.45) is 5.92 Å². The standard InChI is InChI=1S/C13H16ClN5/c1-2-3-8-7-12(8)19-13(16-17-18-19)9-4-5-10(14)11(15)6-9/h4-6,8,12H,2-3,7,15H2,1H3. The first kappa shape index (κ1) is 12.4. The summed E-state index contributed by atoms with van der Waals surface area (Å²) in [5, 5.41) is 12.6. The summed E-state index contributed by atoms with van der Waals surface area (Å²) in [5.41, 5.74) is 7.30. The predicted octanol–water partition coefficient (Wildman–Crippen LogP) is 2.94. The van der Waals surface area contributed by atoms with E-state index in [4.69, 9.17) is 17.3 Å². The van der Waals surface area contributed by atoms with Crippen molar-refractivity contribution in [1.82, 2.24) is 20.2 Å². The van der Waals surface area contributed by atoms with Gasteiger partial charge in [0.1, 0.15) is 0 Å². The fraction of sp³-hybridized carbons (Fsp3) is 0.462. The van der Waals surface area contributed by atoms with E-state index in [-0.39, 0.29) is 0 Å². The van der Waals surface area contributed by atoms with E-state index in [2.05, 4.69) is 22.4 Å². The summed E-state index contributed by atoms with van der Waals surface area (Å²) in [5.74, 6) is 1.48. The van der Waals surface area contributed by atoms with Gasteiger partial charge in [-0.15, -0.1) is 5.10 Å². The zero-order valence-corrected chi connectivity index (χ0v) is 11.5. The van der Waals surface area contributed by atoms with Crippen molar-refractivity contribution in [1.29, 1.82) is 0 Å². The van der Waals surface area contributed by atoms with Crippen molar-refractivity contribution in [3.05, 3.63) is 23.2 Å². The summed E-state index contributed by atoms with van der Waals surface area (Å²) >= 11 is 5.94. The Morgan fingerprint density at radius 3 is 3.05 bits per heavy atom. The Morgan fingerprint density at radius 1 is 1.47 bits per heavy atom. The van der Waals surface area contributed by atoms with Gasteiger partial charge in [-0.2, -0.15) is 0 Å². The van der Waals surface area contributed by atoms with Crippen molar-refractivity contribution in [3.8, 4) is 11.4 Å². The molecule has 0 spiro atoms. The first-order valence-electron chi connectivity index (χ1n) is 6.54. The van der Waals surface area contributed by atoms with Gasteiger partial charge in [0, 0.05) is 5.56 Å². The fourth-order valence-electron chi connectivity index (χ4n) is 2.50. The van der Waals surface area contributed by atoms with E-state index in [1.165, 1.54) is 12.8 Å². The maximum atomic E-state index is 5.94. The normalized spacial score (nSPS) is 21.6. The van der Waals surface area contributed by atoms with Gasteiger partial charge in [-0.05, 0) is 47.4 Å². The molecule has 6 heteroatoms. The molecule has 2 aromatic rings. The van der Waals surface area contributed by atoms with Gasteiger partial charge in [0.25, 0.3) is 0 Å². The van der Waals surface area contributed by atoms with Crippen LogP contribution in [-0.2, 0) is 0 Å². The van der Waals surface area contributed by atoms with Crippen LogP contribution in [0.3, 0.4) is 0 Å². The molecule has 0 radical (unpaired) electrons.